The first kappa shape index (κ1) is 11.1. The summed E-state index contributed by atoms with van der Waals surface area (Å²) in [5.41, 5.74) is 4.35. The highest BCUT2D eigenvalue weighted by Crippen LogP contribution is 2.22. The van der Waals surface area contributed by atoms with Crippen molar-refractivity contribution in [3.63, 3.8) is 0 Å². The van der Waals surface area contributed by atoms with Crippen LogP contribution in [0.2, 0.25) is 0 Å². The molecule has 0 unspecified atom stereocenters. The highest BCUT2D eigenvalue weighted by molar-refractivity contribution is 8.13. The lowest BCUT2D eigenvalue weighted by atomic mass is 10.3. The number of hydrogen-bond donors (Lipinski definition) is 1. The van der Waals surface area contributed by atoms with Crippen LogP contribution in [-0.4, -0.2) is 13.4 Å². The number of aromatic nitrogens is 1. The van der Waals surface area contributed by atoms with Crippen LogP contribution in [0.5, 0.6) is 0 Å². The first-order chi connectivity index (χ1) is 6.30. The third-order valence-corrected chi connectivity index (χ3v) is 2.50. The fraction of sp³-hybridized carbons (Fsp3) is 0.167. The fourth-order valence-electron chi connectivity index (χ4n) is 0.783. The van der Waals surface area contributed by atoms with Crippen LogP contribution in [0, 0.1) is 0 Å². The Morgan fingerprint density at radius 1 is 1.43 bits per heavy atom. The minimum Gasteiger partial charge on any atom is -0.399 e. The molecule has 8 heteroatoms. The number of hydrogen-bond acceptors (Lipinski definition) is 4. The Hall–Kier alpha value is -0.950. The fourth-order valence-corrected chi connectivity index (χ4v) is 1.51. The standard InChI is InChI=1S/C6H5ClF2N2O2S/c7-14(12,13)5-2-3(10)1-4(11-5)6(8)9/h1-2,6H,(H2,10,11). The maximum atomic E-state index is 12.2. The predicted octanol–water partition coefficient (Wildman–Crippen LogP) is 1.53. The van der Waals surface area contributed by atoms with E-state index in [1.54, 1.807) is 0 Å². The van der Waals surface area contributed by atoms with Gasteiger partial charge >= 0.3 is 0 Å². The minimum absolute atomic E-state index is 0.130. The van der Waals surface area contributed by atoms with Gasteiger partial charge in [0.25, 0.3) is 15.5 Å². The van der Waals surface area contributed by atoms with E-state index >= 15 is 0 Å². The van der Waals surface area contributed by atoms with Crippen molar-refractivity contribution in [3.8, 4) is 0 Å². The second-order valence-corrected chi connectivity index (χ2v) is 4.91. The summed E-state index contributed by atoms with van der Waals surface area (Å²) in [7, 11) is 0.783. The molecular weight excluding hydrogens is 238 g/mol. The number of halogens is 3. The van der Waals surface area contributed by atoms with Crippen molar-refractivity contribution in [1.82, 2.24) is 4.98 Å². The summed E-state index contributed by atoms with van der Waals surface area (Å²) in [6.45, 7) is 0. The van der Waals surface area contributed by atoms with Crippen LogP contribution in [0.4, 0.5) is 14.5 Å². The Morgan fingerprint density at radius 2 is 2.00 bits per heavy atom. The molecule has 0 aliphatic heterocycles. The normalized spacial score (nSPS) is 12.0. The van der Waals surface area contributed by atoms with Crippen LogP contribution < -0.4 is 5.73 Å². The molecule has 2 N–H and O–H groups in total. The first-order valence-corrected chi connectivity index (χ1v) is 5.62. The van der Waals surface area contributed by atoms with E-state index in [0.29, 0.717) is 0 Å². The SMILES string of the molecule is Nc1cc(C(F)F)nc(S(=O)(=O)Cl)c1. The van der Waals surface area contributed by atoms with E-state index in [-0.39, 0.29) is 5.69 Å². The Balaban J connectivity index is 3.35. The van der Waals surface area contributed by atoms with E-state index < -0.39 is 26.2 Å². The monoisotopic (exact) mass is 242 g/mol. The smallest absolute Gasteiger partial charge is 0.280 e. The molecule has 1 aromatic rings. The second-order valence-electron chi connectivity index (χ2n) is 2.40. The zero-order valence-corrected chi connectivity index (χ0v) is 8.19. The average molecular weight is 243 g/mol. The van der Waals surface area contributed by atoms with Gasteiger partial charge in [0.1, 0.15) is 5.69 Å². The zero-order valence-electron chi connectivity index (χ0n) is 6.62. The van der Waals surface area contributed by atoms with Gasteiger partial charge < -0.3 is 5.73 Å². The van der Waals surface area contributed by atoms with E-state index in [2.05, 4.69) is 4.98 Å². The average Bonchev–Trinajstić information content (AvgIpc) is 2.01. The van der Waals surface area contributed by atoms with Crippen molar-refractivity contribution in [1.29, 1.82) is 0 Å². The molecule has 0 fully saturated rings. The number of pyridine rings is 1. The van der Waals surface area contributed by atoms with Crippen molar-refractivity contribution in [2.24, 2.45) is 0 Å². The van der Waals surface area contributed by atoms with Crippen molar-refractivity contribution in [2.75, 3.05) is 5.73 Å². The largest absolute Gasteiger partial charge is 0.399 e. The molecule has 0 saturated heterocycles. The van der Waals surface area contributed by atoms with Crippen LogP contribution in [0.3, 0.4) is 0 Å². The molecule has 0 spiro atoms. The summed E-state index contributed by atoms with van der Waals surface area (Å²) < 4.78 is 45.8. The summed E-state index contributed by atoms with van der Waals surface area (Å²) >= 11 is 0. The summed E-state index contributed by atoms with van der Waals surface area (Å²) in [4.78, 5) is 3.15. The molecule has 1 heterocycles. The van der Waals surface area contributed by atoms with Crippen molar-refractivity contribution in [3.05, 3.63) is 17.8 Å². The predicted molar refractivity (Wildman–Crippen MR) is 46.6 cm³/mol. The third-order valence-electron chi connectivity index (χ3n) is 1.32. The van der Waals surface area contributed by atoms with Gasteiger partial charge in [0.05, 0.1) is 0 Å². The molecule has 0 amide bonds. The van der Waals surface area contributed by atoms with Gasteiger partial charge in [0, 0.05) is 16.4 Å². The van der Waals surface area contributed by atoms with Gasteiger partial charge in [-0.05, 0) is 12.1 Å². The summed E-state index contributed by atoms with van der Waals surface area (Å²) in [6, 6.07) is 1.80. The molecule has 0 aromatic carbocycles. The van der Waals surface area contributed by atoms with Gasteiger partial charge in [0.2, 0.25) is 0 Å². The first-order valence-electron chi connectivity index (χ1n) is 3.31. The van der Waals surface area contributed by atoms with Crippen LogP contribution >= 0.6 is 10.7 Å². The van der Waals surface area contributed by atoms with Crippen LogP contribution in [0.1, 0.15) is 12.1 Å². The summed E-state index contributed by atoms with van der Waals surface area (Å²) in [6.07, 6.45) is -2.89. The van der Waals surface area contributed by atoms with Gasteiger partial charge in [-0.25, -0.2) is 22.2 Å². The number of nitrogens with two attached hydrogens (primary N) is 1. The van der Waals surface area contributed by atoms with E-state index in [1.807, 2.05) is 0 Å². The van der Waals surface area contributed by atoms with Gasteiger partial charge in [-0.1, -0.05) is 0 Å². The summed E-state index contributed by atoms with van der Waals surface area (Å²) in [5.74, 6) is 0. The maximum Gasteiger partial charge on any atom is 0.280 e. The topological polar surface area (TPSA) is 73.0 Å². The number of nitrogens with zero attached hydrogens (tertiary/aromatic N) is 1. The lowest BCUT2D eigenvalue weighted by Gasteiger charge is -2.02. The quantitative estimate of drug-likeness (QED) is 0.798. The van der Waals surface area contributed by atoms with Gasteiger partial charge in [-0.3, -0.25) is 0 Å². The molecule has 0 aliphatic carbocycles. The Bertz CT molecular complexity index is 449. The minimum atomic E-state index is -4.13. The van der Waals surface area contributed by atoms with E-state index in [4.69, 9.17) is 16.4 Å². The van der Waals surface area contributed by atoms with Crippen LogP contribution in [0.15, 0.2) is 17.2 Å². The number of anilines is 1. The van der Waals surface area contributed by atoms with E-state index in [9.17, 15) is 17.2 Å². The second kappa shape index (κ2) is 3.66. The Labute approximate surface area is 83.1 Å². The highest BCUT2D eigenvalue weighted by atomic mass is 35.7. The molecule has 1 aromatic heterocycles. The van der Waals surface area contributed by atoms with Gasteiger partial charge in [-0.15, -0.1) is 0 Å². The Morgan fingerprint density at radius 3 is 2.43 bits per heavy atom. The zero-order chi connectivity index (χ0) is 10.9. The molecule has 14 heavy (non-hydrogen) atoms. The van der Waals surface area contributed by atoms with Crippen molar-refractivity contribution < 1.29 is 17.2 Å². The molecule has 0 aliphatic rings. The molecule has 0 saturated carbocycles. The molecule has 0 atom stereocenters. The summed E-state index contributed by atoms with van der Waals surface area (Å²) in [5, 5.41) is -0.672. The number of rotatable bonds is 2. The number of nitrogen functional groups attached to an aromatic ring is 1. The number of alkyl halides is 2. The lowest BCUT2D eigenvalue weighted by molar-refractivity contribution is 0.145. The van der Waals surface area contributed by atoms with Crippen molar-refractivity contribution >= 4 is 25.4 Å². The molecule has 4 nitrogen and oxygen atoms in total. The lowest BCUT2D eigenvalue weighted by Crippen LogP contribution is -2.01. The van der Waals surface area contributed by atoms with Crippen LogP contribution in [0.25, 0.3) is 0 Å². The van der Waals surface area contributed by atoms with Crippen molar-refractivity contribution in [2.45, 2.75) is 11.5 Å². The molecular formula is C6H5ClF2N2O2S. The van der Waals surface area contributed by atoms with Gasteiger partial charge in [0.15, 0.2) is 5.03 Å². The van der Waals surface area contributed by atoms with Crippen LogP contribution in [-0.2, 0) is 9.05 Å². The maximum absolute atomic E-state index is 12.2. The third kappa shape index (κ3) is 2.52. The van der Waals surface area contributed by atoms with E-state index in [0.717, 1.165) is 12.1 Å². The Kier molecular flexibility index (Phi) is 2.91. The molecule has 78 valence electrons. The highest BCUT2D eigenvalue weighted by Gasteiger charge is 2.17. The van der Waals surface area contributed by atoms with E-state index in [1.165, 1.54) is 0 Å². The molecule has 0 radical (unpaired) electrons. The molecule has 0 bridgehead atoms. The molecule has 1 rings (SSSR count). The van der Waals surface area contributed by atoms with Gasteiger partial charge in [-0.2, -0.15) is 0 Å².